The molecule has 10 nitrogen and oxygen atoms in total. The molecule has 2 atom stereocenters. The van der Waals surface area contributed by atoms with Gasteiger partial charge in [0.25, 0.3) is 5.69 Å². The molecule has 0 aliphatic carbocycles. The molecule has 146 valence electrons. The van der Waals surface area contributed by atoms with Gasteiger partial charge in [-0.3, -0.25) is 19.8 Å². The second-order valence-corrected chi connectivity index (χ2v) is 7.12. The van der Waals surface area contributed by atoms with Crippen molar-refractivity contribution in [1.29, 1.82) is 0 Å². The van der Waals surface area contributed by atoms with Crippen molar-refractivity contribution in [2.45, 2.75) is 44.9 Å². The van der Waals surface area contributed by atoms with Crippen LogP contribution >= 0.6 is 0 Å². The van der Waals surface area contributed by atoms with Crippen molar-refractivity contribution in [3.63, 3.8) is 0 Å². The Morgan fingerprint density at radius 3 is 2.30 bits per heavy atom. The number of benzene rings is 1. The van der Waals surface area contributed by atoms with Gasteiger partial charge in [-0.1, -0.05) is 0 Å². The monoisotopic (exact) mass is 379 g/mol. The van der Waals surface area contributed by atoms with Crippen LogP contribution in [0.3, 0.4) is 0 Å². The van der Waals surface area contributed by atoms with Crippen LogP contribution < -0.4 is 5.73 Å². The molecule has 0 radical (unpaired) electrons. The summed E-state index contributed by atoms with van der Waals surface area (Å²) in [6.07, 6.45) is -1.43. The van der Waals surface area contributed by atoms with Gasteiger partial charge in [0.2, 0.25) is 5.91 Å². The lowest BCUT2D eigenvalue weighted by atomic mass is 10.2. The molecule has 0 unspecified atom stereocenters. The van der Waals surface area contributed by atoms with Crippen LogP contribution in [-0.2, 0) is 14.3 Å². The van der Waals surface area contributed by atoms with Crippen LogP contribution in [-0.4, -0.2) is 52.1 Å². The van der Waals surface area contributed by atoms with Crippen molar-refractivity contribution in [1.82, 2.24) is 4.90 Å². The average molecular weight is 379 g/mol. The SMILES string of the molecule is CC(C)(C)OC(=O)N1C[C@@H](OC(=O)c2ccc([N+](=O)[O-])cc2)C[C@H]1C(N)=O. The van der Waals surface area contributed by atoms with E-state index < -0.39 is 40.6 Å². The van der Waals surface area contributed by atoms with Crippen LogP contribution in [0.5, 0.6) is 0 Å². The van der Waals surface area contributed by atoms with Crippen LogP contribution in [0.4, 0.5) is 10.5 Å². The highest BCUT2D eigenvalue weighted by Crippen LogP contribution is 2.24. The first-order chi connectivity index (χ1) is 12.5. The molecule has 1 heterocycles. The molecule has 2 rings (SSSR count). The van der Waals surface area contributed by atoms with Gasteiger partial charge < -0.3 is 15.2 Å². The van der Waals surface area contributed by atoms with Gasteiger partial charge in [-0.05, 0) is 32.9 Å². The lowest BCUT2D eigenvalue weighted by Crippen LogP contribution is -2.45. The molecule has 0 saturated carbocycles. The fourth-order valence-electron chi connectivity index (χ4n) is 2.61. The molecule has 0 bridgehead atoms. The van der Waals surface area contributed by atoms with E-state index in [1.54, 1.807) is 20.8 Å². The highest BCUT2D eigenvalue weighted by Gasteiger charge is 2.42. The lowest BCUT2D eigenvalue weighted by molar-refractivity contribution is -0.384. The van der Waals surface area contributed by atoms with E-state index in [0.29, 0.717) is 0 Å². The van der Waals surface area contributed by atoms with Gasteiger partial charge in [0.05, 0.1) is 17.0 Å². The smallest absolute Gasteiger partial charge is 0.411 e. The maximum atomic E-state index is 12.3. The minimum atomic E-state index is -0.950. The Morgan fingerprint density at radius 2 is 1.81 bits per heavy atom. The van der Waals surface area contributed by atoms with Crippen LogP contribution in [0.15, 0.2) is 24.3 Å². The second kappa shape index (κ2) is 7.60. The van der Waals surface area contributed by atoms with Crippen molar-refractivity contribution < 1.29 is 28.8 Å². The Kier molecular flexibility index (Phi) is 5.67. The van der Waals surface area contributed by atoms with E-state index in [2.05, 4.69) is 0 Å². The van der Waals surface area contributed by atoms with Gasteiger partial charge in [-0.15, -0.1) is 0 Å². The summed E-state index contributed by atoms with van der Waals surface area (Å²) in [6, 6.07) is 3.96. The number of carbonyl (C=O) groups is 3. The van der Waals surface area contributed by atoms with E-state index >= 15 is 0 Å². The number of nitrogens with zero attached hydrogens (tertiary/aromatic N) is 2. The molecule has 1 aliphatic heterocycles. The summed E-state index contributed by atoms with van der Waals surface area (Å²) in [5, 5.41) is 10.7. The third-order valence-corrected chi connectivity index (χ3v) is 3.81. The number of likely N-dealkylation sites (tertiary alicyclic amines) is 1. The molecule has 10 heteroatoms. The molecule has 2 amide bonds. The van der Waals surface area contributed by atoms with Crippen LogP contribution in [0.2, 0.25) is 0 Å². The fourth-order valence-corrected chi connectivity index (χ4v) is 2.61. The van der Waals surface area contributed by atoms with E-state index in [1.807, 2.05) is 0 Å². The number of rotatable bonds is 4. The second-order valence-electron chi connectivity index (χ2n) is 7.12. The number of carbonyl (C=O) groups excluding carboxylic acids is 3. The molecule has 1 saturated heterocycles. The van der Waals surface area contributed by atoms with E-state index in [4.69, 9.17) is 15.2 Å². The molecule has 2 N–H and O–H groups in total. The highest BCUT2D eigenvalue weighted by atomic mass is 16.6. The molecule has 1 aromatic rings. The highest BCUT2D eigenvalue weighted by molar-refractivity contribution is 5.90. The van der Waals surface area contributed by atoms with Gasteiger partial charge in [0.1, 0.15) is 17.7 Å². The summed E-state index contributed by atoms with van der Waals surface area (Å²) in [6.45, 7) is 5.02. The minimum Gasteiger partial charge on any atom is -0.457 e. The van der Waals surface area contributed by atoms with E-state index in [9.17, 15) is 24.5 Å². The number of non-ortho nitro benzene ring substituents is 1. The maximum Gasteiger partial charge on any atom is 0.411 e. The molecule has 1 aromatic carbocycles. The minimum absolute atomic E-state index is 0.0404. The zero-order valence-corrected chi connectivity index (χ0v) is 15.2. The molecule has 1 aliphatic rings. The maximum absolute atomic E-state index is 12.3. The van der Waals surface area contributed by atoms with Crippen molar-refractivity contribution in [2.24, 2.45) is 5.73 Å². The van der Waals surface area contributed by atoms with Crippen molar-refractivity contribution in [3.05, 3.63) is 39.9 Å². The van der Waals surface area contributed by atoms with Gasteiger partial charge in [0, 0.05) is 18.6 Å². The third kappa shape index (κ3) is 5.16. The zero-order valence-electron chi connectivity index (χ0n) is 15.2. The predicted molar refractivity (Wildman–Crippen MR) is 92.8 cm³/mol. The van der Waals surface area contributed by atoms with Gasteiger partial charge in [-0.2, -0.15) is 0 Å². The Balaban J connectivity index is 2.06. The summed E-state index contributed by atoms with van der Waals surface area (Å²) in [5.74, 6) is -1.45. The van der Waals surface area contributed by atoms with Crippen LogP contribution in [0, 0.1) is 10.1 Å². The van der Waals surface area contributed by atoms with Crippen molar-refractivity contribution in [2.75, 3.05) is 6.54 Å². The molecule has 0 aromatic heterocycles. The number of nitrogens with two attached hydrogens (primary N) is 1. The summed E-state index contributed by atoms with van der Waals surface area (Å²) in [5.41, 5.74) is 4.55. The predicted octanol–water partition coefficient (Wildman–Crippen LogP) is 1.61. The quantitative estimate of drug-likeness (QED) is 0.476. The lowest BCUT2D eigenvalue weighted by Gasteiger charge is -2.26. The Labute approximate surface area is 155 Å². The van der Waals surface area contributed by atoms with Crippen LogP contribution in [0.25, 0.3) is 0 Å². The Bertz CT molecular complexity index is 755. The number of ether oxygens (including phenoxy) is 2. The first-order valence-electron chi connectivity index (χ1n) is 8.22. The standard InChI is InChI=1S/C17H21N3O7/c1-17(2,3)27-16(23)19-9-12(8-13(19)14(18)21)26-15(22)10-4-6-11(7-5-10)20(24)25/h4-7,12-13H,8-9H2,1-3H3,(H2,18,21)/t12-,13-/m0/s1. The van der Waals surface area contributed by atoms with E-state index in [1.165, 1.54) is 24.3 Å². The topological polar surface area (TPSA) is 142 Å². The molecule has 27 heavy (non-hydrogen) atoms. The number of esters is 1. The first-order valence-corrected chi connectivity index (χ1v) is 8.22. The number of nitro benzene ring substituents is 1. The van der Waals surface area contributed by atoms with E-state index in [0.717, 1.165) is 4.90 Å². The molecule has 0 spiro atoms. The van der Waals surface area contributed by atoms with Gasteiger partial charge in [0.15, 0.2) is 0 Å². The zero-order chi connectivity index (χ0) is 20.4. The Morgan fingerprint density at radius 1 is 1.22 bits per heavy atom. The number of primary amides is 1. The van der Waals surface area contributed by atoms with Crippen molar-refractivity contribution in [3.8, 4) is 0 Å². The van der Waals surface area contributed by atoms with Gasteiger partial charge in [-0.25, -0.2) is 9.59 Å². The normalized spacial score (nSPS) is 19.4. The average Bonchev–Trinajstić information content (AvgIpc) is 2.97. The molecular formula is C17H21N3O7. The summed E-state index contributed by atoms with van der Waals surface area (Å²) in [4.78, 5) is 47.4. The number of amides is 2. The Hall–Kier alpha value is -3.17. The fraction of sp³-hybridized carbons (Fsp3) is 0.471. The largest absolute Gasteiger partial charge is 0.457 e. The summed E-state index contributed by atoms with van der Waals surface area (Å²) >= 11 is 0. The number of hydrogen-bond acceptors (Lipinski definition) is 7. The summed E-state index contributed by atoms with van der Waals surface area (Å²) < 4.78 is 10.6. The summed E-state index contributed by atoms with van der Waals surface area (Å²) in [7, 11) is 0. The van der Waals surface area contributed by atoms with Crippen LogP contribution in [0.1, 0.15) is 37.6 Å². The number of hydrogen-bond donors (Lipinski definition) is 1. The van der Waals surface area contributed by atoms with E-state index in [-0.39, 0.29) is 24.2 Å². The first kappa shape index (κ1) is 20.1. The molecular weight excluding hydrogens is 358 g/mol. The number of nitro groups is 1. The van der Waals surface area contributed by atoms with Crippen molar-refractivity contribution >= 4 is 23.7 Å². The third-order valence-electron chi connectivity index (χ3n) is 3.81. The van der Waals surface area contributed by atoms with Gasteiger partial charge >= 0.3 is 12.1 Å². The molecule has 1 fully saturated rings.